The second-order valence-corrected chi connectivity index (χ2v) is 9.16. The van der Waals surface area contributed by atoms with Crippen LogP contribution < -0.4 is 15.5 Å². The second-order valence-electron chi connectivity index (χ2n) is 8.18. The van der Waals surface area contributed by atoms with E-state index in [0.717, 1.165) is 5.69 Å². The van der Waals surface area contributed by atoms with Gasteiger partial charge in [-0.25, -0.2) is 4.79 Å². The molecule has 0 fully saturated rings. The van der Waals surface area contributed by atoms with E-state index in [1.807, 2.05) is 43.5 Å². The molecule has 1 atom stereocenters. The van der Waals surface area contributed by atoms with Gasteiger partial charge >= 0.3 is 5.97 Å². The summed E-state index contributed by atoms with van der Waals surface area (Å²) in [5.74, 6) is -0.308. The van der Waals surface area contributed by atoms with Crippen molar-refractivity contribution in [3.8, 4) is 22.8 Å². The first-order valence-corrected chi connectivity index (χ1v) is 13.0. The number of para-hydroxylation sites is 1. The Morgan fingerprint density at radius 2 is 2.03 bits per heavy atom. The van der Waals surface area contributed by atoms with Crippen molar-refractivity contribution in [2.75, 3.05) is 18.6 Å². The smallest absolute Gasteiger partial charge is 0.326 e. The van der Waals surface area contributed by atoms with Gasteiger partial charge in [-0.05, 0) is 48.6 Å². The number of nitrogens with one attached hydrogen (secondary N) is 1. The molecular formula is C26H26N4O6S. The number of benzene rings is 2. The molecule has 0 aliphatic heterocycles. The van der Waals surface area contributed by atoms with Gasteiger partial charge in [0.1, 0.15) is 35.5 Å². The Kier molecular flexibility index (Phi) is 8.24. The molecule has 0 bridgehead atoms. The summed E-state index contributed by atoms with van der Waals surface area (Å²) in [6.07, 6.45) is 5.57. The van der Waals surface area contributed by atoms with Crippen LogP contribution in [0.15, 0.2) is 64.3 Å². The third kappa shape index (κ3) is 5.83. The van der Waals surface area contributed by atoms with Crippen molar-refractivity contribution >= 4 is 34.6 Å². The molecule has 0 saturated carbocycles. The molecule has 0 radical (unpaired) electrons. The van der Waals surface area contributed by atoms with Crippen molar-refractivity contribution in [2.24, 2.45) is 0 Å². The first kappa shape index (κ1) is 26.0. The summed E-state index contributed by atoms with van der Waals surface area (Å²) in [6, 6.07) is 11.7. The van der Waals surface area contributed by atoms with Gasteiger partial charge in [0.2, 0.25) is 5.43 Å². The van der Waals surface area contributed by atoms with Crippen LogP contribution in [0.2, 0.25) is 0 Å². The number of aromatic nitrogens is 3. The molecular weight excluding hydrogens is 496 g/mol. The van der Waals surface area contributed by atoms with Crippen LogP contribution in [0.3, 0.4) is 0 Å². The van der Waals surface area contributed by atoms with E-state index in [2.05, 4.69) is 15.5 Å². The van der Waals surface area contributed by atoms with Gasteiger partial charge in [0.05, 0.1) is 5.39 Å². The minimum Gasteiger partial charge on any atom is -0.483 e. The average molecular weight is 523 g/mol. The number of carboxylic acids is 1. The van der Waals surface area contributed by atoms with Crippen LogP contribution in [0.25, 0.3) is 28.0 Å². The van der Waals surface area contributed by atoms with E-state index >= 15 is 0 Å². The summed E-state index contributed by atoms with van der Waals surface area (Å²) in [5.41, 5.74) is 1.77. The number of nitrogens with zero attached hydrogens (tertiary/aromatic N) is 3. The Labute approximate surface area is 216 Å². The highest BCUT2D eigenvalue weighted by atomic mass is 32.2. The second kappa shape index (κ2) is 11.7. The highest BCUT2D eigenvalue weighted by Crippen LogP contribution is 2.27. The number of carbonyl (C=O) groups excluding carboxylic acids is 1. The summed E-state index contributed by atoms with van der Waals surface area (Å²) in [4.78, 5) is 37.2. The molecule has 0 aliphatic carbocycles. The lowest BCUT2D eigenvalue weighted by atomic mass is 10.1. The number of fused-ring (bicyclic) bond motifs is 1. The fourth-order valence-electron chi connectivity index (χ4n) is 3.84. The number of rotatable bonds is 11. The third-order valence-corrected chi connectivity index (χ3v) is 6.41. The Morgan fingerprint density at radius 3 is 2.73 bits per heavy atom. The maximum absolute atomic E-state index is 13.4. The molecule has 2 N–H and O–H groups in total. The number of carbonyl (C=O) groups is 2. The number of amides is 1. The molecule has 2 aromatic heterocycles. The van der Waals surface area contributed by atoms with Gasteiger partial charge in [0, 0.05) is 11.8 Å². The molecule has 4 rings (SSSR count). The predicted octanol–water partition coefficient (Wildman–Crippen LogP) is 3.30. The summed E-state index contributed by atoms with van der Waals surface area (Å²) < 4.78 is 13.2. The third-order valence-electron chi connectivity index (χ3n) is 5.76. The van der Waals surface area contributed by atoms with Crippen molar-refractivity contribution in [2.45, 2.75) is 25.8 Å². The molecule has 37 heavy (non-hydrogen) atoms. The average Bonchev–Trinajstić information content (AvgIpc) is 3.39. The van der Waals surface area contributed by atoms with Crippen molar-refractivity contribution < 1.29 is 23.8 Å². The van der Waals surface area contributed by atoms with Crippen LogP contribution in [0.4, 0.5) is 0 Å². The van der Waals surface area contributed by atoms with E-state index in [-0.39, 0.29) is 23.2 Å². The lowest BCUT2D eigenvalue weighted by Gasteiger charge is -2.15. The molecule has 4 aromatic rings. The zero-order chi connectivity index (χ0) is 26.4. The van der Waals surface area contributed by atoms with Crippen molar-refractivity contribution in [1.82, 2.24) is 20.1 Å². The number of aryl methyl sites for hydroxylation is 1. The minimum atomic E-state index is -1.09. The number of carboxylic acid groups (broad SMARTS) is 1. The topological polar surface area (TPSA) is 137 Å². The highest BCUT2D eigenvalue weighted by molar-refractivity contribution is 7.98. The van der Waals surface area contributed by atoms with Crippen LogP contribution in [-0.4, -0.2) is 56.4 Å². The van der Waals surface area contributed by atoms with E-state index in [4.69, 9.17) is 9.15 Å². The van der Waals surface area contributed by atoms with Crippen molar-refractivity contribution in [3.63, 3.8) is 0 Å². The molecule has 2 heterocycles. The standard InChI is InChI=1S/C26H26N4O6S/c1-3-16-11-18-22(12-21(16)36-14-23(31)28-20(26(33)34)9-10-37-2)35-13-19(24(18)32)25-29-27-15-30(25)17-7-5-4-6-8-17/h4-8,11-13,15,20H,3,9-10,14H2,1-2H3,(H,28,31)(H,33,34). The van der Waals surface area contributed by atoms with Crippen molar-refractivity contribution in [3.05, 3.63) is 70.8 Å². The van der Waals surface area contributed by atoms with Gasteiger partial charge in [-0.15, -0.1) is 10.2 Å². The van der Waals surface area contributed by atoms with E-state index in [1.165, 1.54) is 24.4 Å². The molecule has 1 unspecified atom stereocenters. The molecule has 192 valence electrons. The molecule has 0 aliphatic rings. The zero-order valence-corrected chi connectivity index (χ0v) is 21.2. The fraction of sp³-hybridized carbons (Fsp3) is 0.269. The first-order valence-electron chi connectivity index (χ1n) is 11.6. The zero-order valence-electron chi connectivity index (χ0n) is 20.3. The monoisotopic (exact) mass is 522 g/mol. The summed E-state index contributed by atoms with van der Waals surface area (Å²) in [6.45, 7) is 1.53. The molecule has 10 nitrogen and oxygen atoms in total. The van der Waals surface area contributed by atoms with Gasteiger partial charge < -0.3 is 19.6 Å². The summed E-state index contributed by atoms with van der Waals surface area (Å²) >= 11 is 1.50. The van der Waals surface area contributed by atoms with Crippen LogP contribution >= 0.6 is 11.8 Å². The maximum Gasteiger partial charge on any atom is 0.326 e. The van der Waals surface area contributed by atoms with Crippen LogP contribution in [-0.2, 0) is 16.0 Å². The molecule has 2 aromatic carbocycles. The first-order chi connectivity index (χ1) is 17.9. The predicted molar refractivity (Wildman–Crippen MR) is 140 cm³/mol. The van der Waals surface area contributed by atoms with Crippen LogP contribution in [0.1, 0.15) is 18.9 Å². The van der Waals surface area contributed by atoms with E-state index in [0.29, 0.717) is 41.1 Å². The largest absolute Gasteiger partial charge is 0.483 e. The number of hydrogen-bond donors (Lipinski definition) is 2. The number of aliphatic carboxylic acids is 1. The van der Waals surface area contributed by atoms with Gasteiger partial charge in [-0.3, -0.25) is 14.2 Å². The quantitative estimate of drug-likeness (QED) is 0.304. The Hall–Kier alpha value is -4.12. The lowest BCUT2D eigenvalue weighted by molar-refractivity contribution is -0.142. The van der Waals surface area contributed by atoms with E-state index < -0.39 is 17.9 Å². The Balaban J connectivity index is 1.59. The van der Waals surface area contributed by atoms with Gasteiger partial charge in [-0.2, -0.15) is 11.8 Å². The minimum absolute atomic E-state index is 0.258. The Bertz CT molecular complexity index is 1470. The van der Waals surface area contributed by atoms with Crippen LogP contribution in [0.5, 0.6) is 5.75 Å². The molecule has 1 amide bonds. The van der Waals surface area contributed by atoms with Gasteiger partial charge in [0.15, 0.2) is 12.4 Å². The Morgan fingerprint density at radius 1 is 1.24 bits per heavy atom. The van der Waals surface area contributed by atoms with Gasteiger partial charge in [-0.1, -0.05) is 25.1 Å². The number of hydrogen-bond acceptors (Lipinski definition) is 8. The summed E-state index contributed by atoms with van der Waals surface area (Å²) in [5, 5.41) is 20.2. The van der Waals surface area contributed by atoms with Crippen molar-refractivity contribution in [1.29, 1.82) is 0 Å². The lowest BCUT2D eigenvalue weighted by Crippen LogP contribution is -2.43. The van der Waals surface area contributed by atoms with E-state index in [1.54, 1.807) is 16.7 Å². The summed E-state index contributed by atoms with van der Waals surface area (Å²) in [7, 11) is 0. The normalized spacial score (nSPS) is 11.8. The van der Waals surface area contributed by atoms with Crippen LogP contribution in [0, 0.1) is 0 Å². The van der Waals surface area contributed by atoms with E-state index in [9.17, 15) is 19.5 Å². The highest BCUT2D eigenvalue weighted by Gasteiger charge is 2.21. The SMILES string of the molecule is CCc1cc2c(=O)c(-c3nncn3-c3ccccc3)coc2cc1OCC(=O)NC(CCSC)C(=O)O. The molecule has 0 spiro atoms. The molecule has 0 saturated heterocycles. The number of ether oxygens (including phenoxy) is 1. The maximum atomic E-state index is 13.4. The number of thioether (sulfide) groups is 1. The molecule has 11 heteroatoms. The fourth-order valence-corrected chi connectivity index (χ4v) is 4.31. The van der Waals surface area contributed by atoms with Gasteiger partial charge in [0.25, 0.3) is 5.91 Å².